The van der Waals surface area contributed by atoms with Crippen molar-refractivity contribution in [1.29, 1.82) is 0 Å². The van der Waals surface area contributed by atoms with Crippen molar-refractivity contribution < 1.29 is 23.4 Å². The molecule has 24 heavy (non-hydrogen) atoms. The second-order valence-corrected chi connectivity index (χ2v) is 5.78. The summed E-state index contributed by atoms with van der Waals surface area (Å²) in [6.45, 7) is 3.41. The van der Waals surface area contributed by atoms with E-state index in [2.05, 4.69) is 0 Å². The predicted molar refractivity (Wildman–Crippen MR) is 88.5 cm³/mol. The van der Waals surface area contributed by atoms with Crippen molar-refractivity contribution in [1.82, 2.24) is 0 Å². The Morgan fingerprint density at radius 1 is 1.08 bits per heavy atom. The summed E-state index contributed by atoms with van der Waals surface area (Å²) in [5.41, 5.74) is -0.404. The van der Waals surface area contributed by atoms with Crippen LogP contribution in [0.4, 0.5) is 4.39 Å². The van der Waals surface area contributed by atoms with Gasteiger partial charge in [-0.2, -0.15) is 0 Å². The minimum Gasteiger partial charge on any atom is -0.467 e. The molecule has 0 bridgehead atoms. The molecule has 0 unspecified atom stereocenters. The number of rotatable bonds is 8. The van der Waals surface area contributed by atoms with E-state index in [4.69, 9.17) is 14.2 Å². The maximum absolute atomic E-state index is 14.2. The first kappa shape index (κ1) is 18.1. The molecule has 5 heteroatoms. The molecule has 2 aromatic carbocycles. The van der Waals surface area contributed by atoms with Crippen LogP contribution in [0.1, 0.15) is 29.8 Å². The Morgan fingerprint density at radius 2 is 1.79 bits per heavy atom. The second kappa shape index (κ2) is 8.04. The average molecular weight is 332 g/mol. The zero-order valence-corrected chi connectivity index (χ0v) is 14.0. The van der Waals surface area contributed by atoms with E-state index in [-0.39, 0.29) is 24.7 Å². The van der Waals surface area contributed by atoms with Crippen molar-refractivity contribution in [3.8, 4) is 5.75 Å². The Bertz CT molecular complexity index is 683. The molecule has 0 aliphatic rings. The van der Waals surface area contributed by atoms with Crippen molar-refractivity contribution in [3.05, 3.63) is 65.5 Å². The van der Waals surface area contributed by atoms with Crippen molar-refractivity contribution in [2.24, 2.45) is 0 Å². The Kier molecular flexibility index (Phi) is 6.06. The van der Waals surface area contributed by atoms with E-state index in [9.17, 15) is 9.18 Å². The Morgan fingerprint density at radius 3 is 2.46 bits per heavy atom. The summed E-state index contributed by atoms with van der Waals surface area (Å²) in [5.74, 6) is -0.995. The maximum Gasteiger partial charge on any atom is 0.200 e. The molecule has 0 aromatic heterocycles. The molecule has 0 aliphatic carbocycles. The van der Waals surface area contributed by atoms with Crippen LogP contribution < -0.4 is 4.74 Å². The average Bonchev–Trinajstić information content (AvgIpc) is 2.58. The number of methoxy groups -OCH3 is 1. The van der Waals surface area contributed by atoms with Crippen LogP contribution in [0, 0.1) is 5.82 Å². The van der Waals surface area contributed by atoms with E-state index >= 15 is 0 Å². The normalized spacial score (nSPS) is 11.3. The first-order chi connectivity index (χ1) is 11.5. The highest BCUT2D eigenvalue weighted by molar-refractivity contribution is 6.04. The summed E-state index contributed by atoms with van der Waals surface area (Å²) in [5, 5.41) is 0. The highest BCUT2D eigenvalue weighted by Gasteiger charge is 2.34. The van der Waals surface area contributed by atoms with Gasteiger partial charge < -0.3 is 14.2 Å². The van der Waals surface area contributed by atoms with Gasteiger partial charge in [0, 0.05) is 7.11 Å². The van der Waals surface area contributed by atoms with Crippen LogP contribution in [0.5, 0.6) is 5.75 Å². The van der Waals surface area contributed by atoms with E-state index in [1.54, 1.807) is 13.8 Å². The summed E-state index contributed by atoms with van der Waals surface area (Å²) in [6.07, 6.45) is 0. The minimum atomic E-state index is -1.21. The fourth-order valence-electron chi connectivity index (χ4n) is 2.17. The number of Topliss-reactive ketones (excluding diaryl/α,β-unsaturated/α-hetero) is 1. The van der Waals surface area contributed by atoms with Crippen molar-refractivity contribution >= 4 is 5.78 Å². The van der Waals surface area contributed by atoms with Gasteiger partial charge in [-0.15, -0.1) is 0 Å². The molecular formula is C19H21FO4. The summed E-state index contributed by atoms with van der Waals surface area (Å²) >= 11 is 0. The molecule has 0 aliphatic heterocycles. The number of hydrogen-bond donors (Lipinski definition) is 0. The molecule has 4 nitrogen and oxygen atoms in total. The lowest BCUT2D eigenvalue weighted by Crippen LogP contribution is -2.36. The third-order valence-corrected chi connectivity index (χ3v) is 3.52. The molecule has 0 heterocycles. The van der Waals surface area contributed by atoms with Crippen LogP contribution in [-0.4, -0.2) is 25.3 Å². The largest absolute Gasteiger partial charge is 0.467 e. The lowest BCUT2D eigenvalue weighted by molar-refractivity contribution is -0.0144. The van der Waals surface area contributed by atoms with Gasteiger partial charge in [-0.1, -0.05) is 36.4 Å². The second-order valence-electron chi connectivity index (χ2n) is 5.78. The summed E-state index contributed by atoms with van der Waals surface area (Å²) in [4.78, 5) is 12.8. The number of carbonyl (C=O) groups is 1. The zero-order valence-electron chi connectivity index (χ0n) is 14.0. The van der Waals surface area contributed by atoms with Gasteiger partial charge in [-0.25, -0.2) is 4.39 Å². The number of carbonyl (C=O) groups excluding carboxylic acids is 1. The van der Waals surface area contributed by atoms with Crippen LogP contribution in [0.15, 0.2) is 48.5 Å². The fourth-order valence-corrected chi connectivity index (χ4v) is 2.17. The topological polar surface area (TPSA) is 44.8 Å². The molecule has 0 atom stereocenters. The molecule has 2 aromatic rings. The Balaban J connectivity index is 2.19. The third kappa shape index (κ3) is 4.40. The van der Waals surface area contributed by atoms with Crippen LogP contribution >= 0.6 is 0 Å². The third-order valence-electron chi connectivity index (χ3n) is 3.52. The zero-order chi connectivity index (χ0) is 17.6. The highest BCUT2D eigenvalue weighted by Crippen LogP contribution is 2.28. The fraction of sp³-hybridized carbons (Fsp3) is 0.316. The first-order valence-electron chi connectivity index (χ1n) is 7.58. The molecule has 0 fully saturated rings. The molecule has 128 valence electrons. The number of ketones is 1. The Labute approximate surface area is 141 Å². The van der Waals surface area contributed by atoms with Crippen LogP contribution in [0.25, 0.3) is 0 Å². The van der Waals surface area contributed by atoms with Crippen molar-refractivity contribution in [2.75, 3.05) is 13.9 Å². The smallest absolute Gasteiger partial charge is 0.200 e. The SMILES string of the molecule is COCOc1cccc(F)c1C(=O)C(C)(C)OCc1ccccc1. The quantitative estimate of drug-likeness (QED) is 0.542. The number of hydrogen-bond acceptors (Lipinski definition) is 4. The molecule has 0 spiro atoms. The van der Waals surface area contributed by atoms with Crippen molar-refractivity contribution in [3.63, 3.8) is 0 Å². The van der Waals surface area contributed by atoms with Gasteiger partial charge in [0.2, 0.25) is 5.78 Å². The molecule has 0 saturated heterocycles. The van der Waals surface area contributed by atoms with E-state index < -0.39 is 17.2 Å². The number of halogens is 1. The molecule has 0 radical (unpaired) electrons. The van der Waals surface area contributed by atoms with E-state index in [0.717, 1.165) is 5.56 Å². The standard InChI is InChI=1S/C19H21FO4/c1-19(2,24-12-14-8-5-4-6-9-14)18(21)17-15(20)10-7-11-16(17)23-13-22-3/h4-11H,12-13H2,1-3H3. The van der Waals surface area contributed by atoms with Crippen LogP contribution in [0.2, 0.25) is 0 Å². The summed E-state index contributed by atoms with van der Waals surface area (Å²) in [6, 6.07) is 13.7. The molecule has 0 amide bonds. The van der Waals surface area contributed by atoms with Gasteiger partial charge >= 0.3 is 0 Å². The molecule has 0 N–H and O–H groups in total. The monoisotopic (exact) mass is 332 g/mol. The van der Waals surface area contributed by atoms with E-state index in [1.165, 1.54) is 25.3 Å². The Hall–Kier alpha value is -2.24. The van der Waals surface area contributed by atoms with Gasteiger partial charge in [0.05, 0.1) is 12.2 Å². The van der Waals surface area contributed by atoms with Gasteiger partial charge in [0.1, 0.15) is 17.2 Å². The van der Waals surface area contributed by atoms with E-state index in [1.807, 2.05) is 30.3 Å². The molecule has 2 rings (SSSR count). The molecular weight excluding hydrogens is 311 g/mol. The number of ether oxygens (including phenoxy) is 3. The summed E-state index contributed by atoms with van der Waals surface area (Å²) < 4.78 is 30.1. The highest BCUT2D eigenvalue weighted by atomic mass is 19.1. The van der Waals surface area contributed by atoms with Crippen LogP contribution in [-0.2, 0) is 16.1 Å². The van der Waals surface area contributed by atoms with Gasteiger partial charge in [0.15, 0.2) is 6.79 Å². The lowest BCUT2D eigenvalue weighted by atomic mass is 9.95. The van der Waals surface area contributed by atoms with E-state index in [0.29, 0.717) is 0 Å². The van der Waals surface area contributed by atoms with Gasteiger partial charge in [-0.3, -0.25) is 4.79 Å². The lowest BCUT2D eigenvalue weighted by Gasteiger charge is -2.25. The van der Waals surface area contributed by atoms with Gasteiger partial charge in [0.25, 0.3) is 0 Å². The van der Waals surface area contributed by atoms with Crippen molar-refractivity contribution in [2.45, 2.75) is 26.1 Å². The van der Waals surface area contributed by atoms with Crippen LogP contribution in [0.3, 0.4) is 0 Å². The summed E-state index contributed by atoms with van der Waals surface area (Å²) in [7, 11) is 1.45. The number of benzene rings is 2. The molecule has 0 saturated carbocycles. The van der Waals surface area contributed by atoms with Gasteiger partial charge in [-0.05, 0) is 31.5 Å². The first-order valence-corrected chi connectivity index (χ1v) is 7.58. The maximum atomic E-state index is 14.2. The minimum absolute atomic E-state index is 0.0744. The predicted octanol–water partition coefficient (Wildman–Crippen LogP) is 3.99.